The molecule has 3 rings (SSSR count). The Morgan fingerprint density at radius 3 is 2.56 bits per heavy atom. The quantitative estimate of drug-likeness (QED) is 0.778. The summed E-state index contributed by atoms with van der Waals surface area (Å²) < 4.78 is 0. The van der Waals surface area contributed by atoms with Gasteiger partial charge in [-0.25, -0.2) is 0 Å². The highest BCUT2D eigenvalue weighted by Gasteiger charge is 2.31. The van der Waals surface area contributed by atoms with Crippen LogP contribution in [0.1, 0.15) is 27.6 Å². The van der Waals surface area contributed by atoms with Gasteiger partial charge in [-0.15, -0.1) is 0 Å². The molecule has 2 aromatic carbocycles. The Kier molecular flexibility index (Phi) is 2.13. The van der Waals surface area contributed by atoms with E-state index in [1.54, 1.807) is 31.2 Å². The third-order valence-corrected chi connectivity index (χ3v) is 3.23. The molecule has 18 heavy (non-hydrogen) atoms. The first-order valence-corrected chi connectivity index (χ1v) is 5.75. The maximum absolute atomic E-state index is 12.2. The number of hydrogen-bond acceptors (Lipinski definition) is 3. The molecule has 4 nitrogen and oxygen atoms in total. The van der Waals surface area contributed by atoms with Gasteiger partial charge in [0.15, 0.2) is 0 Å². The lowest BCUT2D eigenvalue weighted by atomic mass is 9.94. The second-order valence-electron chi connectivity index (χ2n) is 4.25. The van der Waals surface area contributed by atoms with Crippen LogP contribution in [-0.2, 0) is 0 Å². The minimum Gasteiger partial charge on any atom is -0.508 e. The summed E-state index contributed by atoms with van der Waals surface area (Å²) in [6, 6.07) is 8.22. The van der Waals surface area contributed by atoms with E-state index in [0.29, 0.717) is 28.4 Å². The number of carbonyl (C=O) groups is 2. The van der Waals surface area contributed by atoms with Crippen LogP contribution in [0.25, 0.3) is 10.8 Å². The number of benzene rings is 2. The number of imide groups is 1. The normalized spacial score (nSPS) is 14.4. The third kappa shape index (κ3) is 1.26. The lowest BCUT2D eigenvalue weighted by Gasteiger charge is -2.26. The first kappa shape index (κ1) is 10.8. The molecule has 2 amide bonds. The van der Waals surface area contributed by atoms with Crippen LogP contribution in [0.15, 0.2) is 30.3 Å². The molecular weight excluding hydrogens is 230 g/mol. The van der Waals surface area contributed by atoms with E-state index in [2.05, 4.69) is 0 Å². The van der Waals surface area contributed by atoms with Crippen LogP contribution in [-0.4, -0.2) is 28.4 Å². The average molecular weight is 241 g/mol. The molecule has 1 heterocycles. The summed E-state index contributed by atoms with van der Waals surface area (Å²) in [4.78, 5) is 25.6. The van der Waals surface area contributed by atoms with Gasteiger partial charge in [-0.1, -0.05) is 12.1 Å². The second kappa shape index (κ2) is 3.57. The zero-order valence-corrected chi connectivity index (χ0v) is 9.80. The summed E-state index contributed by atoms with van der Waals surface area (Å²) in [7, 11) is 0. The number of carbonyl (C=O) groups excluding carboxylic acids is 2. The van der Waals surface area contributed by atoms with Gasteiger partial charge in [0.25, 0.3) is 11.8 Å². The standard InChI is InChI=1S/C14H11NO3/c1-2-15-13(17)10-5-3-4-8-6-9(16)7-11(12(8)10)14(15)18/h3-7,16H,2H2,1H3. The molecule has 0 bridgehead atoms. The maximum Gasteiger partial charge on any atom is 0.261 e. The summed E-state index contributed by atoms with van der Waals surface area (Å²) in [5.41, 5.74) is 0.908. The Bertz CT molecular complexity index is 691. The van der Waals surface area contributed by atoms with Crippen molar-refractivity contribution in [3.63, 3.8) is 0 Å². The maximum atomic E-state index is 12.2. The van der Waals surface area contributed by atoms with E-state index in [-0.39, 0.29) is 17.6 Å². The van der Waals surface area contributed by atoms with Crippen molar-refractivity contribution < 1.29 is 14.7 Å². The zero-order valence-electron chi connectivity index (χ0n) is 9.80. The van der Waals surface area contributed by atoms with Gasteiger partial charge < -0.3 is 5.11 Å². The first-order chi connectivity index (χ1) is 8.63. The predicted octanol–water partition coefficient (Wildman–Crippen LogP) is 2.16. The van der Waals surface area contributed by atoms with Crippen molar-refractivity contribution >= 4 is 22.6 Å². The molecule has 0 radical (unpaired) electrons. The molecule has 1 aliphatic heterocycles. The Morgan fingerprint density at radius 1 is 1.11 bits per heavy atom. The monoisotopic (exact) mass is 241 g/mol. The van der Waals surface area contributed by atoms with Crippen molar-refractivity contribution in [2.75, 3.05) is 6.54 Å². The molecule has 0 saturated heterocycles. The summed E-state index contributed by atoms with van der Waals surface area (Å²) in [5.74, 6) is -0.582. The summed E-state index contributed by atoms with van der Waals surface area (Å²) >= 11 is 0. The van der Waals surface area contributed by atoms with Crippen molar-refractivity contribution in [3.05, 3.63) is 41.5 Å². The summed E-state index contributed by atoms with van der Waals surface area (Å²) in [5, 5.41) is 11.0. The molecule has 90 valence electrons. The van der Waals surface area contributed by atoms with Gasteiger partial charge in [0, 0.05) is 17.5 Å². The Hall–Kier alpha value is -2.36. The van der Waals surface area contributed by atoms with Gasteiger partial charge in [0.05, 0.1) is 5.56 Å². The van der Waals surface area contributed by atoms with Crippen molar-refractivity contribution in [3.8, 4) is 5.75 Å². The number of hydrogen-bond donors (Lipinski definition) is 1. The number of phenols is 1. The van der Waals surface area contributed by atoms with E-state index >= 15 is 0 Å². The van der Waals surface area contributed by atoms with E-state index < -0.39 is 0 Å². The van der Waals surface area contributed by atoms with Crippen molar-refractivity contribution in [2.24, 2.45) is 0 Å². The van der Waals surface area contributed by atoms with E-state index in [4.69, 9.17) is 0 Å². The van der Waals surface area contributed by atoms with Crippen molar-refractivity contribution in [1.29, 1.82) is 0 Å². The predicted molar refractivity (Wildman–Crippen MR) is 66.7 cm³/mol. The van der Waals surface area contributed by atoms with Crippen LogP contribution in [0.5, 0.6) is 5.75 Å². The van der Waals surface area contributed by atoms with Gasteiger partial charge in [-0.3, -0.25) is 14.5 Å². The molecule has 4 heteroatoms. The van der Waals surface area contributed by atoms with Gasteiger partial charge in [-0.2, -0.15) is 0 Å². The van der Waals surface area contributed by atoms with Crippen LogP contribution in [0.2, 0.25) is 0 Å². The van der Waals surface area contributed by atoms with Crippen LogP contribution >= 0.6 is 0 Å². The summed E-state index contributed by atoms with van der Waals surface area (Å²) in [6.45, 7) is 2.08. The molecule has 0 unspecified atom stereocenters. The van der Waals surface area contributed by atoms with E-state index in [1.165, 1.54) is 11.0 Å². The number of nitrogens with zero attached hydrogens (tertiary/aromatic N) is 1. The van der Waals surface area contributed by atoms with Crippen molar-refractivity contribution in [2.45, 2.75) is 6.92 Å². The summed E-state index contributed by atoms with van der Waals surface area (Å²) in [6.07, 6.45) is 0. The topological polar surface area (TPSA) is 57.6 Å². The van der Waals surface area contributed by atoms with Gasteiger partial charge in [0.2, 0.25) is 0 Å². The third-order valence-electron chi connectivity index (χ3n) is 3.23. The van der Waals surface area contributed by atoms with Crippen LogP contribution in [0, 0.1) is 0 Å². The molecule has 0 aromatic heterocycles. The van der Waals surface area contributed by atoms with E-state index in [0.717, 1.165) is 0 Å². The minimum atomic E-state index is -0.345. The largest absolute Gasteiger partial charge is 0.508 e. The highest BCUT2D eigenvalue weighted by atomic mass is 16.3. The molecule has 1 aliphatic rings. The molecular formula is C14H11NO3. The number of amides is 2. The van der Waals surface area contributed by atoms with Gasteiger partial charge >= 0.3 is 0 Å². The Balaban J connectivity index is 2.45. The first-order valence-electron chi connectivity index (χ1n) is 5.75. The van der Waals surface area contributed by atoms with E-state index in [9.17, 15) is 14.7 Å². The lowest BCUT2D eigenvalue weighted by molar-refractivity contribution is 0.0619. The fourth-order valence-corrected chi connectivity index (χ4v) is 2.43. The molecule has 0 spiro atoms. The second-order valence-corrected chi connectivity index (χ2v) is 4.25. The average Bonchev–Trinajstić information content (AvgIpc) is 2.36. The molecule has 2 aromatic rings. The van der Waals surface area contributed by atoms with Gasteiger partial charge in [-0.05, 0) is 30.5 Å². The SMILES string of the molecule is CCN1C(=O)c2cccc3cc(O)cc(c23)C1=O. The Morgan fingerprint density at radius 2 is 1.83 bits per heavy atom. The highest BCUT2D eigenvalue weighted by molar-refractivity contribution is 6.25. The van der Waals surface area contributed by atoms with E-state index in [1.807, 2.05) is 0 Å². The highest BCUT2D eigenvalue weighted by Crippen LogP contribution is 2.32. The molecule has 0 atom stereocenters. The number of aromatic hydroxyl groups is 1. The molecule has 0 saturated carbocycles. The molecule has 0 aliphatic carbocycles. The molecule has 0 fully saturated rings. The fraction of sp³-hybridized carbons (Fsp3) is 0.143. The van der Waals surface area contributed by atoms with Crippen LogP contribution in [0.3, 0.4) is 0 Å². The minimum absolute atomic E-state index is 0.0356. The number of rotatable bonds is 1. The Labute approximate surface area is 103 Å². The van der Waals surface area contributed by atoms with Gasteiger partial charge in [0.1, 0.15) is 5.75 Å². The van der Waals surface area contributed by atoms with Crippen LogP contribution in [0.4, 0.5) is 0 Å². The zero-order chi connectivity index (χ0) is 12.9. The van der Waals surface area contributed by atoms with Crippen molar-refractivity contribution in [1.82, 2.24) is 4.90 Å². The lowest BCUT2D eigenvalue weighted by Crippen LogP contribution is -2.39. The molecule has 1 N–H and O–H groups in total. The fourth-order valence-electron chi connectivity index (χ4n) is 2.43. The smallest absolute Gasteiger partial charge is 0.261 e. The number of phenolic OH excluding ortho intramolecular Hbond substituents is 1. The van der Waals surface area contributed by atoms with Crippen LogP contribution < -0.4 is 0 Å².